The van der Waals surface area contributed by atoms with Gasteiger partial charge in [0.2, 0.25) is 0 Å². The summed E-state index contributed by atoms with van der Waals surface area (Å²) in [7, 11) is 0. The van der Waals surface area contributed by atoms with Crippen molar-refractivity contribution < 1.29 is 19.1 Å². The van der Waals surface area contributed by atoms with Crippen LogP contribution in [0.3, 0.4) is 0 Å². The molecule has 4 heteroatoms. The van der Waals surface area contributed by atoms with Crippen molar-refractivity contribution in [2.45, 2.75) is 88.3 Å². The van der Waals surface area contributed by atoms with E-state index in [0.717, 1.165) is 38.5 Å². The fourth-order valence-corrected chi connectivity index (χ4v) is 8.79. The van der Waals surface area contributed by atoms with Gasteiger partial charge in [-0.05, 0) is 113 Å². The largest absolute Gasteiger partial charge is 0.451 e. The van der Waals surface area contributed by atoms with E-state index in [4.69, 9.17) is 9.47 Å². The molecule has 0 aromatic rings. The maximum absolute atomic E-state index is 12.7. The first-order valence-corrected chi connectivity index (χ1v) is 10.9. The summed E-state index contributed by atoms with van der Waals surface area (Å²) >= 11 is 0. The SMILES string of the molecule is O=C(OC12CC3CC(CC(C3)C1)C2)C(=O)OC12CC3CC(CC(C3)C1)C2. The van der Waals surface area contributed by atoms with E-state index in [1.165, 1.54) is 38.5 Å². The topological polar surface area (TPSA) is 52.6 Å². The molecule has 4 nitrogen and oxygen atoms in total. The van der Waals surface area contributed by atoms with Crippen LogP contribution in [0.2, 0.25) is 0 Å². The smallest absolute Gasteiger partial charge is 0.418 e. The van der Waals surface area contributed by atoms with Crippen LogP contribution >= 0.6 is 0 Å². The second kappa shape index (κ2) is 5.26. The Hall–Kier alpha value is -1.06. The fraction of sp³-hybridized carbons (Fsp3) is 0.909. The Bertz CT molecular complexity index is 524. The fourth-order valence-electron chi connectivity index (χ4n) is 8.79. The number of hydrogen-bond donors (Lipinski definition) is 0. The van der Waals surface area contributed by atoms with Crippen molar-refractivity contribution in [3.63, 3.8) is 0 Å². The molecular weight excluding hydrogens is 328 g/mol. The lowest BCUT2D eigenvalue weighted by atomic mass is 9.54. The van der Waals surface area contributed by atoms with Gasteiger partial charge in [0.1, 0.15) is 11.2 Å². The minimum absolute atomic E-state index is 0.355. The van der Waals surface area contributed by atoms with Gasteiger partial charge < -0.3 is 9.47 Å². The van der Waals surface area contributed by atoms with Crippen LogP contribution in [0.15, 0.2) is 0 Å². The first-order valence-electron chi connectivity index (χ1n) is 10.9. The number of hydrogen-bond acceptors (Lipinski definition) is 4. The summed E-state index contributed by atoms with van der Waals surface area (Å²) < 4.78 is 11.8. The van der Waals surface area contributed by atoms with Crippen LogP contribution in [0.25, 0.3) is 0 Å². The Morgan fingerprint density at radius 3 is 0.962 bits per heavy atom. The summed E-state index contributed by atoms with van der Waals surface area (Å²) in [5.74, 6) is 2.80. The van der Waals surface area contributed by atoms with Crippen molar-refractivity contribution in [3.8, 4) is 0 Å². The first-order chi connectivity index (χ1) is 12.5. The molecule has 0 radical (unpaired) electrons. The molecule has 0 aromatic carbocycles. The molecule has 0 N–H and O–H groups in total. The third kappa shape index (κ3) is 2.46. The van der Waals surface area contributed by atoms with Gasteiger partial charge in [0.25, 0.3) is 0 Å². The molecule has 0 unspecified atom stereocenters. The van der Waals surface area contributed by atoms with E-state index in [1.54, 1.807) is 0 Å². The summed E-state index contributed by atoms with van der Waals surface area (Å²) in [6.45, 7) is 0. The number of carbonyl (C=O) groups excluding carboxylic acids is 2. The van der Waals surface area contributed by atoms with Gasteiger partial charge in [-0.25, -0.2) is 9.59 Å². The Morgan fingerprint density at radius 2 is 0.731 bits per heavy atom. The molecule has 0 aliphatic heterocycles. The molecule has 0 heterocycles. The molecule has 8 fully saturated rings. The van der Waals surface area contributed by atoms with Crippen LogP contribution in [-0.4, -0.2) is 23.1 Å². The highest BCUT2D eigenvalue weighted by Crippen LogP contribution is 2.58. The number of carbonyl (C=O) groups is 2. The molecule has 0 amide bonds. The molecule has 0 saturated heterocycles. The van der Waals surface area contributed by atoms with E-state index in [9.17, 15) is 9.59 Å². The third-order valence-electron chi connectivity index (χ3n) is 8.75. The van der Waals surface area contributed by atoms with E-state index in [0.29, 0.717) is 35.5 Å². The standard InChI is InChI=1S/C22H30O4/c23-19(25-21-7-13-1-14(8-21)3-15(2-13)9-21)20(24)26-22-10-16-4-17(11-22)6-18(5-16)12-22/h13-18H,1-12H2. The third-order valence-corrected chi connectivity index (χ3v) is 8.75. The zero-order chi connectivity index (χ0) is 17.5. The van der Waals surface area contributed by atoms with Crippen molar-refractivity contribution in [1.29, 1.82) is 0 Å². The van der Waals surface area contributed by atoms with Gasteiger partial charge in [-0.15, -0.1) is 0 Å². The highest BCUT2D eigenvalue weighted by molar-refractivity contribution is 6.29. The lowest BCUT2D eigenvalue weighted by molar-refractivity contribution is -0.210. The maximum atomic E-state index is 12.7. The molecule has 0 atom stereocenters. The van der Waals surface area contributed by atoms with Crippen LogP contribution in [-0.2, 0) is 19.1 Å². The second-order valence-electron chi connectivity index (χ2n) is 11.0. The molecule has 8 rings (SSSR count). The summed E-state index contributed by atoms with van der Waals surface area (Å²) in [6.07, 6.45) is 13.6. The van der Waals surface area contributed by atoms with Crippen molar-refractivity contribution in [2.24, 2.45) is 35.5 Å². The number of ether oxygens (including phenoxy) is 2. The van der Waals surface area contributed by atoms with Crippen molar-refractivity contribution in [1.82, 2.24) is 0 Å². The molecule has 8 bridgehead atoms. The molecule has 0 spiro atoms. The zero-order valence-electron chi connectivity index (χ0n) is 15.6. The van der Waals surface area contributed by atoms with Gasteiger partial charge in [0.15, 0.2) is 0 Å². The molecule has 8 saturated carbocycles. The van der Waals surface area contributed by atoms with Crippen molar-refractivity contribution in [2.75, 3.05) is 0 Å². The lowest BCUT2D eigenvalue weighted by Gasteiger charge is -2.56. The van der Waals surface area contributed by atoms with Gasteiger partial charge in [-0.3, -0.25) is 0 Å². The summed E-state index contributed by atoms with van der Waals surface area (Å²) in [5, 5.41) is 0. The normalized spacial score (nSPS) is 52.9. The molecule has 0 aromatic heterocycles. The van der Waals surface area contributed by atoms with E-state index in [-0.39, 0.29) is 11.2 Å². The minimum Gasteiger partial charge on any atom is -0.451 e. The van der Waals surface area contributed by atoms with Gasteiger partial charge in [-0.2, -0.15) is 0 Å². The number of rotatable bonds is 2. The molecule has 26 heavy (non-hydrogen) atoms. The lowest BCUT2D eigenvalue weighted by Crippen LogP contribution is -2.55. The molecular formula is C22H30O4. The Labute approximate surface area is 155 Å². The van der Waals surface area contributed by atoms with Crippen LogP contribution in [0.4, 0.5) is 0 Å². The van der Waals surface area contributed by atoms with Crippen LogP contribution < -0.4 is 0 Å². The zero-order valence-corrected chi connectivity index (χ0v) is 15.6. The molecule has 142 valence electrons. The van der Waals surface area contributed by atoms with Crippen LogP contribution in [0, 0.1) is 35.5 Å². The summed E-state index contributed by atoms with van der Waals surface area (Å²) in [6, 6.07) is 0. The quantitative estimate of drug-likeness (QED) is 0.553. The Morgan fingerprint density at radius 1 is 0.500 bits per heavy atom. The first kappa shape index (κ1) is 15.9. The van der Waals surface area contributed by atoms with Gasteiger partial charge in [0, 0.05) is 0 Å². The number of esters is 2. The average Bonchev–Trinajstić information content (AvgIpc) is 2.51. The molecule has 8 aliphatic rings. The Balaban J connectivity index is 1.14. The van der Waals surface area contributed by atoms with Gasteiger partial charge >= 0.3 is 11.9 Å². The Kier molecular flexibility index (Phi) is 3.23. The van der Waals surface area contributed by atoms with Gasteiger partial charge in [0.05, 0.1) is 0 Å². The van der Waals surface area contributed by atoms with Crippen molar-refractivity contribution >= 4 is 11.9 Å². The van der Waals surface area contributed by atoms with E-state index in [2.05, 4.69) is 0 Å². The summed E-state index contributed by atoms with van der Waals surface area (Å²) in [4.78, 5) is 25.3. The maximum Gasteiger partial charge on any atom is 0.418 e. The van der Waals surface area contributed by atoms with E-state index < -0.39 is 11.9 Å². The van der Waals surface area contributed by atoms with Crippen LogP contribution in [0.5, 0.6) is 0 Å². The second-order valence-corrected chi connectivity index (χ2v) is 11.0. The highest BCUT2D eigenvalue weighted by Gasteiger charge is 2.56. The highest BCUT2D eigenvalue weighted by atomic mass is 16.6. The average molecular weight is 358 g/mol. The molecule has 8 aliphatic carbocycles. The van der Waals surface area contributed by atoms with E-state index in [1.807, 2.05) is 0 Å². The summed E-state index contributed by atoms with van der Waals surface area (Å²) in [5.41, 5.74) is -0.710. The minimum atomic E-state index is -0.706. The van der Waals surface area contributed by atoms with Crippen LogP contribution in [0.1, 0.15) is 77.0 Å². The predicted molar refractivity (Wildman–Crippen MR) is 94.0 cm³/mol. The van der Waals surface area contributed by atoms with Crippen molar-refractivity contribution in [3.05, 3.63) is 0 Å². The van der Waals surface area contributed by atoms with Gasteiger partial charge in [-0.1, -0.05) is 0 Å². The monoisotopic (exact) mass is 358 g/mol. The van der Waals surface area contributed by atoms with E-state index >= 15 is 0 Å². The predicted octanol–water partition coefficient (Wildman–Crippen LogP) is 4.01.